The molecule has 0 unspecified atom stereocenters. The zero-order chi connectivity index (χ0) is 11.7. The maximum absolute atomic E-state index is 2.80. The van der Waals surface area contributed by atoms with Crippen molar-refractivity contribution in [2.24, 2.45) is 0 Å². The minimum absolute atomic E-state index is 0. The van der Waals surface area contributed by atoms with Crippen molar-refractivity contribution in [3.8, 4) is 0 Å². The maximum Gasteiger partial charge on any atom is 0.0361 e. The molecular formula is C15H21ClIN. The highest BCUT2D eigenvalue weighted by molar-refractivity contribution is 14.1. The van der Waals surface area contributed by atoms with Gasteiger partial charge in [-0.2, -0.15) is 0 Å². The van der Waals surface area contributed by atoms with E-state index in [0.29, 0.717) is 6.04 Å². The van der Waals surface area contributed by atoms with Gasteiger partial charge in [0.25, 0.3) is 0 Å². The fourth-order valence-corrected chi connectivity index (χ4v) is 4.28. The largest absolute Gasteiger partial charge is 0.293 e. The first-order valence-corrected chi connectivity index (χ1v) is 7.94. The predicted octanol–water partition coefficient (Wildman–Crippen LogP) is 4.79. The van der Waals surface area contributed by atoms with Gasteiger partial charge in [0.1, 0.15) is 0 Å². The predicted molar refractivity (Wildman–Crippen MR) is 87.3 cm³/mol. The van der Waals surface area contributed by atoms with Gasteiger partial charge in [0.05, 0.1) is 0 Å². The molecule has 2 aliphatic rings. The summed E-state index contributed by atoms with van der Waals surface area (Å²) >= 11 is 2.50. The van der Waals surface area contributed by atoms with Crippen LogP contribution in [0, 0.1) is 3.57 Å². The van der Waals surface area contributed by atoms with Crippen LogP contribution in [0.25, 0.3) is 0 Å². The molecule has 0 aliphatic carbocycles. The van der Waals surface area contributed by atoms with E-state index < -0.39 is 0 Å². The van der Waals surface area contributed by atoms with Crippen molar-refractivity contribution < 1.29 is 0 Å². The molecule has 0 saturated carbocycles. The molecule has 0 spiro atoms. The van der Waals surface area contributed by atoms with Gasteiger partial charge in [-0.1, -0.05) is 24.6 Å². The molecule has 100 valence electrons. The second kappa shape index (κ2) is 6.58. The number of hydrogen-bond acceptors (Lipinski definition) is 1. The van der Waals surface area contributed by atoms with Crippen LogP contribution in [-0.2, 0) is 0 Å². The standard InChI is InChI=1S/C15H20IN.ClH/c16-14-9-2-1-8-13(14)15-10-5-7-12-6-3-4-11-17(12)15;/h1-2,8-9,12,15H,3-7,10-11H2;1H/t12-,15-;/m0./s1. The lowest BCUT2D eigenvalue weighted by Crippen LogP contribution is -2.44. The molecule has 1 nitrogen and oxygen atoms in total. The van der Waals surface area contributed by atoms with E-state index in [0.717, 1.165) is 6.04 Å². The summed E-state index contributed by atoms with van der Waals surface area (Å²) in [6, 6.07) is 10.5. The number of halogens is 2. The van der Waals surface area contributed by atoms with Crippen molar-refractivity contribution in [2.75, 3.05) is 6.54 Å². The summed E-state index contributed by atoms with van der Waals surface area (Å²) < 4.78 is 1.45. The highest BCUT2D eigenvalue weighted by Crippen LogP contribution is 2.39. The SMILES string of the molecule is Cl.Ic1ccccc1[C@@H]1CCC[C@@H]2CCCCN21. The molecule has 3 rings (SSSR count). The Bertz CT molecular complexity index is 394. The van der Waals surface area contributed by atoms with Crippen LogP contribution in [0.5, 0.6) is 0 Å². The Morgan fingerprint density at radius 2 is 1.78 bits per heavy atom. The Kier molecular flexibility index (Phi) is 5.34. The normalized spacial score (nSPS) is 28.3. The van der Waals surface area contributed by atoms with Crippen molar-refractivity contribution in [1.82, 2.24) is 4.90 Å². The second-order valence-corrected chi connectivity index (χ2v) is 6.52. The van der Waals surface area contributed by atoms with E-state index in [1.165, 1.54) is 48.6 Å². The van der Waals surface area contributed by atoms with Gasteiger partial charge in [-0.05, 0) is 72.9 Å². The van der Waals surface area contributed by atoms with Crippen LogP contribution >= 0.6 is 35.0 Å². The van der Waals surface area contributed by atoms with Crippen molar-refractivity contribution in [3.63, 3.8) is 0 Å². The quantitative estimate of drug-likeness (QED) is 0.636. The van der Waals surface area contributed by atoms with E-state index in [2.05, 4.69) is 51.8 Å². The van der Waals surface area contributed by atoms with Crippen molar-refractivity contribution >= 4 is 35.0 Å². The van der Waals surface area contributed by atoms with Crippen LogP contribution in [0.4, 0.5) is 0 Å². The third-order valence-corrected chi connectivity index (χ3v) is 5.33. The molecule has 2 fully saturated rings. The van der Waals surface area contributed by atoms with E-state index in [4.69, 9.17) is 0 Å². The fraction of sp³-hybridized carbons (Fsp3) is 0.600. The van der Waals surface area contributed by atoms with Crippen LogP contribution in [0.2, 0.25) is 0 Å². The lowest BCUT2D eigenvalue weighted by atomic mass is 9.86. The number of fused-ring (bicyclic) bond motifs is 1. The van der Waals surface area contributed by atoms with Crippen LogP contribution in [0.1, 0.15) is 50.1 Å². The number of nitrogens with zero attached hydrogens (tertiary/aromatic N) is 1. The molecule has 1 aromatic carbocycles. The molecule has 2 saturated heterocycles. The summed E-state index contributed by atoms with van der Waals surface area (Å²) in [6.45, 7) is 1.32. The molecule has 1 aromatic rings. The third-order valence-electron chi connectivity index (χ3n) is 4.35. The summed E-state index contributed by atoms with van der Waals surface area (Å²) in [6.07, 6.45) is 8.48. The topological polar surface area (TPSA) is 3.24 Å². The maximum atomic E-state index is 2.80. The summed E-state index contributed by atoms with van der Waals surface area (Å²) in [7, 11) is 0. The Labute approximate surface area is 130 Å². The smallest absolute Gasteiger partial charge is 0.0361 e. The van der Waals surface area contributed by atoms with E-state index in [9.17, 15) is 0 Å². The van der Waals surface area contributed by atoms with Crippen molar-refractivity contribution in [3.05, 3.63) is 33.4 Å². The van der Waals surface area contributed by atoms with Gasteiger partial charge in [0.2, 0.25) is 0 Å². The van der Waals surface area contributed by atoms with E-state index in [-0.39, 0.29) is 12.4 Å². The number of piperidine rings is 2. The van der Waals surface area contributed by atoms with Crippen molar-refractivity contribution in [1.29, 1.82) is 0 Å². The number of rotatable bonds is 1. The average Bonchev–Trinajstić information content (AvgIpc) is 2.39. The molecular weight excluding hydrogens is 357 g/mol. The molecule has 2 atom stereocenters. The number of benzene rings is 1. The minimum Gasteiger partial charge on any atom is -0.293 e. The molecule has 0 aromatic heterocycles. The second-order valence-electron chi connectivity index (χ2n) is 5.36. The fourth-order valence-electron chi connectivity index (χ4n) is 3.54. The van der Waals surface area contributed by atoms with Crippen LogP contribution < -0.4 is 0 Å². The van der Waals surface area contributed by atoms with Gasteiger partial charge in [0, 0.05) is 15.7 Å². The first-order valence-electron chi connectivity index (χ1n) is 6.86. The molecule has 2 aliphatic heterocycles. The highest BCUT2D eigenvalue weighted by Gasteiger charge is 2.33. The summed E-state index contributed by atoms with van der Waals surface area (Å²) in [5.41, 5.74) is 1.57. The van der Waals surface area contributed by atoms with E-state index in [1.807, 2.05) is 0 Å². The Morgan fingerprint density at radius 3 is 2.61 bits per heavy atom. The van der Waals surface area contributed by atoms with Gasteiger partial charge in [-0.25, -0.2) is 0 Å². The Morgan fingerprint density at radius 1 is 1.00 bits per heavy atom. The molecule has 18 heavy (non-hydrogen) atoms. The van der Waals surface area contributed by atoms with Gasteiger partial charge in [-0.3, -0.25) is 4.90 Å². The minimum atomic E-state index is 0. The molecule has 0 N–H and O–H groups in total. The molecule has 0 bridgehead atoms. The lowest BCUT2D eigenvalue weighted by molar-refractivity contribution is 0.0515. The summed E-state index contributed by atoms with van der Waals surface area (Å²) in [4.78, 5) is 2.80. The molecule has 3 heteroatoms. The van der Waals surface area contributed by atoms with Crippen LogP contribution in [0.15, 0.2) is 24.3 Å². The zero-order valence-electron chi connectivity index (χ0n) is 10.6. The Hall–Kier alpha value is 0.200. The molecule has 0 amide bonds. The van der Waals surface area contributed by atoms with Crippen LogP contribution in [-0.4, -0.2) is 17.5 Å². The van der Waals surface area contributed by atoms with Gasteiger partial charge in [0.15, 0.2) is 0 Å². The summed E-state index contributed by atoms with van der Waals surface area (Å²) in [5.74, 6) is 0. The molecule has 0 radical (unpaired) electrons. The average molecular weight is 378 g/mol. The zero-order valence-corrected chi connectivity index (χ0v) is 13.6. The van der Waals surface area contributed by atoms with Crippen molar-refractivity contribution in [2.45, 2.75) is 50.6 Å². The Balaban J connectivity index is 0.00000120. The molecule has 2 heterocycles. The third kappa shape index (κ3) is 2.86. The number of hydrogen-bond donors (Lipinski definition) is 0. The lowest BCUT2D eigenvalue weighted by Gasteiger charge is -2.45. The van der Waals surface area contributed by atoms with Crippen LogP contribution in [0.3, 0.4) is 0 Å². The summed E-state index contributed by atoms with van der Waals surface area (Å²) in [5, 5.41) is 0. The first-order chi connectivity index (χ1) is 8.36. The monoisotopic (exact) mass is 377 g/mol. The first kappa shape index (κ1) is 14.6. The van der Waals surface area contributed by atoms with E-state index in [1.54, 1.807) is 5.56 Å². The van der Waals surface area contributed by atoms with E-state index >= 15 is 0 Å². The highest BCUT2D eigenvalue weighted by atomic mass is 127. The van der Waals surface area contributed by atoms with Gasteiger partial charge >= 0.3 is 0 Å². The van der Waals surface area contributed by atoms with Gasteiger partial charge < -0.3 is 0 Å². The van der Waals surface area contributed by atoms with Gasteiger partial charge in [-0.15, -0.1) is 12.4 Å².